The molecule has 4 aliphatic rings. The molecule has 3 fully saturated rings. The van der Waals surface area contributed by atoms with Gasteiger partial charge in [-0.05, 0) is 115 Å². The summed E-state index contributed by atoms with van der Waals surface area (Å²) >= 11 is 6.28. The van der Waals surface area contributed by atoms with E-state index in [-0.39, 0.29) is 52.7 Å². The fourth-order valence-electron chi connectivity index (χ4n) is 8.94. The highest BCUT2D eigenvalue weighted by molar-refractivity contribution is 6.35. The van der Waals surface area contributed by atoms with E-state index < -0.39 is 11.8 Å². The van der Waals surface area contributed by atoms with E-state index >= 15 is 0 Å². The van der Waals surface area contributed by atoms with E-state index in [0.717, 1.165) is 132 Å². The molecule has 3 saturated heterocycles. The van der Waals surface area contributed by atoms with Crippen LogP contribution in [0.3, 0.4) is 0 Å². The van der Waals surface area contributed by atoms with Gasteiger partial charge in [0.15, 0.2) is 5.78 Å². The van der Waals surface area contributed by atoms with Gasteiger partial charge < -0.3 is 41.7 Å². The zero-order valence-electron chi connectivity index (χ0n) is 45.1. The average molecular weight is 1020 g/mol. The maximum absolute atomic E-state index is 14.5. The fourth-order valence-corrected chi connectivity index (χ4v) is 9.27. The number of rotatable bonds is 19. The predicted octanol–water partition coefficient (Wildman–Crippen LogP) is 9.80. The number of nitrogens with one attached hydrogen (secondary N) is 4. The second-order valence-electron chi connectivity index (χ2n) is 19.4. The second kappa shape index (κ2) is 33.6. The highest BCUT2D eigenvalue weighted by atomic mass is 35.5. The standard InChI is InChI=1S/C28H45ClN6O3.C19H28FNO.C7H11NO.C2H4O/c1-4-7-8-15-35(14-5-2)24(36)19-34-16-12-21(13-17-34)32-28(38)26(31)23(18-30)33-27(37)25-20(6-3)10-9-11-22(25)29;1-5-13(3)19(22)16-12-17(20)18(11-14(16)4)21-9-7-15(6-2)8-10-21;1-5-3-4-6(2)8-7(5)9;1-2-3/h11,18,21,30H,4-10,12-17,19,31H2,1-3H3,(H,32,38)(H,33,37);11-13,15H,5-10H2,1-4H3;5H,2-4H2,1H3,(H,8,9);2H,1H3/b26-23+,30-18?;;;. The van der Waals surface area contributed by atoms with Crippen LogP contribution in [0.1, 0.15) is 168 Å². The minimum Gasteiger partial charge on any atom is -0.393 e. The van der Waals surface area contributed by atoms with E-state index in [0.29, 0.717) is 60.8 Å². The third-order valence-electron chi connectivity index (χ3n) is 13.9. The van der Waals surface area contributed by atoms with Crippen molar-refractivity contribution < 1.29 is 33.2 Å². The predicted molar refractivity (Wildman–Crippen MR) is 290 cm³/mol. The first-order valence-corrected chi connectivity index (χ1v) is 26.9. The van der Waals surface area contributed by atoms with Crippen LogP contribution in [0.5, 0.6) is 0 Å². The van der Waals surface area contributed by atoms with Gasteiger partial charge in [0.2, 0.25) is 11.8 Å². The number of anilines is 1. The molecule has 0 radical (unpaired) electrons. The molecular weight excluding hydrogens is 935 g/mol. The molecule has 2 atom stereocenters. The van der Waals surface area contributed by atoms with E-state index in [4.69, 9.17) is 27.5 Å². The van der Waals surface area contributed by atoms with Gasteiger partial charge in [0.05, 0.1) is 23.5 Å². The van der Waals surface area contributed by atoms with Gasteiger partial charge in [-0.1, -0.05) is 97.6 Å². The summed E-state index contributed by atoms with van der Waals surface area (Å²) in [4.78, 5) is 76.8. The van der Waals surface area contributed by atoms with E-state index in [2.05, 4.69) is 53.1 Å². The number of aldehydes is 1. The van der Waals surface area contributed by atoms with Gasteiger partial charge in [0, 0.05) is 79.7 Å². The smallest absolute Gasteiger partial charge is 0.269 e. The molecular formula is C56H88ClFN8O6. The minimum atomic E-state index is -0.529. The number of unbranched alkanes of at least 4 members (excludes halogenated alkanes) is 2. The lowest BCUT2D eigenvalue weighted by molar-refractivity contribution is -0.133. The SMILES string of the molecule is C=C1CCC(C)C(=O)N1.CC=O.CCC1CCN(c2cc(C)c(C(=O)C(C)CC)cc2F)CC1.CCCCCN(CCC)C(=O)CN1CCC(NC(=O)/C(N)=C(/C=N)NC(=O)C2=C(CC)CCC=C2Cl)CC1. The van der Waals surface area contributed by atoms with Gasteiger partial charge >= 0.3 is 0 Å². The van der Waals surface area contributed by atoms with Crippen molar-refractivity contribution in [1.82, 2.24) is 25.8 Å². The summed E-state index contributed by atoms with van der Waals surface area (Å²) in [7, 11) is 0. The molecule has 1 aliphatic carbocycles. The molecule has 0 bridgehead atoms. The molecule has 402 valence electrons. The molecule has 72 heavy (non-hydrogen) atoms. The Bertz CT molecular complexity index is 2090. The van der Waals surface area contributed by atoms with Gasteiger partial charge in [-0.15, -0.1) is 0 Å². The van der Waals surface area contributed by atoms with Crippen LogP contribution in [0.15, 0.2) is 58.1 Å². The number of carbonyl (C=O) groups excluding carboxylic acids is 6. The number of halogens is 2. The van der Waals surface area contributed by atoms with Crippen LogP contribution in [0, 0.1) is 35.9 Å². The van der Waals surface area contributed by atoms with Crippen LogP contribution in [0.25, 0.3) is 0 Å². The number of carbonyl (C=O) groups is 6. The minimum absolute atomic E-state index is 0.0511. The zero-order chi connectivity index (χ0) is 53.9. The lowest BCUT2D eigenvalue weighted by Gasteiger charge is -2.33. The lowest BCUT2D eigenvalue weighted by atomic mass is 9.92. The quantitative estimate of drug-likeness (QED) is 0.0294. The van der Waals surface area contributed by atoms with Crippen molar-refractivity contribution in [3.05, 3.63) is 75.0 Å². The van der Waals surface area contributed by atoms with Crippen LogP contribution in [-0.2, 0) is 24.0 Å². The number of likely N-dealkylation sites (tertiary alicyclic amines) is 1. The summed E-state index contributed by atoms with van der Waals surface area (Å²) in [5, 5.41) is 16.3. The number of ketones is 1. The van der Waals surface area contributed by atoms with E-state index in [1.807, 2.05) is 45.6 Å². The van der Waals surface area contributed by atoms with Crippen molar-refractivity contribution in [2.45, 2.75) is 165 Å². The van der Waals surface area contributed by atoms with Crippen molar-refractivity contribution in [1.29, 1.82) is 5.41 Å². The number of hydrogen-bond donors (Lipinski definition) is 5. The Balaban J connectivity index is 0.000000433. The summed E-state index contributed by atoms with van der Waals surface area (Å²) in [6.07, 6.45) is 17.4. The topological polar surface area (TPSA) is 198 Å². The Morgan fingerprint density at radius 3 is 2.19 bits per heavy atom. The largest absolute Gasteiger partial charge is 0.393 e. The summed E-state index contributed by atoms with van der Waals surface area (Å²) in [5.41, 5.74) is 10.0. The first-order valence-electron chi connectivity index (χ1n) is 26.5. The first kappa shape index (κ1) is 63.0. The summed E-state index contributed by atoms with van der Waals surface area (Å²) in [6.45, 7) is 26.5. The van der Waals surface area contributed by atoms with Gasteiger partial charge in [-0.3, -0.25) is 28.9 Å². The van der Waals surface area contributed by atoms with Crippen molar-refractivity contribution in [2.75, 3.05) is 50.7 Å². The van der Waals surface area contributed by atoms with Crippen LogP contribution >= 0.6 is 11.6 Å². The molecule has 4 amide bonds. The number of aryl methyl sites for hydroxylation is 1. The van der Waals surface area contributed by atoms with Crippen LogP contribution in [0.4, 0.5) is 10.1 Å². The number of hydrogen-bond acceptors (Lipinski definition) is 10. The molecule has 1 aromatic rings. The molecule has 0 spiro atoms. The Morgan fingerprint density at radius 2 is 1.65 bits per heavy atom. The Labute approximate surface area is 435 Å². The maximum atomic E-state index is 14.5. The Kier molecular flexibility index (Phi) is 29.3. The van der Waals surface area contributed by atoms with Gasteiger partial charge in [-0.25, -0.2) is 4.39 Å². The third-order valence-corrected chi connectivity index (χ3v) is 14.2. The molecule has 5 rings (SSSR count). The van der Waals surface area contributed by atoms with Crippen molar-refractivity contribution >= 4 is 59.2 Å². The van der Waals surface area contributed by atoms with Gasteiger partial charge in [0.25, 0.3) is 11.8 Å². The second-order valence-corrected chi connectivity index (χ2v) is 19.8. The van der Waals surface area contributed by atoms with Gasteiger partial charge in [0.1, 0.15) is 17.8 Å². The normalized spacial score (nSPS) is 18.2. The molecule has 16 heteroatoms. The number of nitrogens with two attached hydrogens (primary N) is 1. The lowest BCUT2D eigenvalue weighted by Crippen LogP contribution is -2.49. The number of amides is 4. The summed E-state index contributed by atoms with van der Waals surface area (Å²) < 4.78 is 14.5. The fraction of sp³-hybridized carbons (Fsp3) is 0.625. The molecule has 6 N–H and O–H groups in total. The highest BCUT2D eigenvalue weighted by Gasteiger charge is 2.28. The van der Waals surface area contributed by atoms with Crippen molar-refractivity contribution in [3.63, 3.8) is 0 Å². The Morgan fingerprint density at radius 1 is 1.00 bits per heavy atom. The summed E-state index contributed by atoms with van der Waals surface area (Å²) in [5.74, 6) is -0.0292. The Hall–Kier alpha value is -5.15. The monoisotopic (exact) mass is 1020 g/mol. The molecule has 0 saturated carbocycles. The average Bonchev–Trinajstić information content (AvgIpc) is 3.37. The van der Waals surface area contributed by atoms with Crippen molar-refractivity contribution in [3.8, 4) is 0 Å². The molecule has 1 aromatic carbocycles. The van der Waals surface area contributed by atoms with Gasteiger partial charge in [-0.2, -0.15) is 0 Å². The number of piperidine rings is 3. The third kappa shape index (κ3) is 20.4. The zero-order valence-corrected chi connectivity index (χ0v) is 45.8. The van der Waals surface area contributed by atoms with E-state index in [1.165, 1.54) is 19.4 Å². The molecule has 2 unspecified atom stereocenters. The summed E-state index contributed by atoms with van der Waals surface area (Å²) in [6, 6.07) is 3.21. The van der Waals surface area contributed by atoms with Crippen LogP contribution < -0.4 is 26.6 Å². The number of benzene rings is 1. The maximum Gasteiger partial charge on any atom is 0.269 e. The molecule has 0 aromatic heterocycles. The van der Waals surface area contributed by atoms with E-state index in [9.17, 15) is 28.4 Å². The molecule has 14 nitrogen and oxygen atoms in total. The molecule has 3 heterocycles. The first-order chi connectivity index (χ1) is 34.3. The highest BCUT2D eigenvalue weighted by Crippen LogP contribution is 2.31. The number of Topliss-reactive ketones (excluding diaryl/α,β-unsaturated/α-hetero) is 1. The van der Waals surface area contributed by atoms with Crippen molar-refractivity contribution in [2.24, 2.45) is 23.5 Å². The van der Waals surface area contributed by atoms with Crippen LogP contribution in [0.2, 0.25) is 0 Å². The van der Waals surface area contributed by atoms with E-state index in [1.54, 1.807) is 6.08 Å². The molecule has 3 aliphatic heterocycles. The van der Waals surface area contributed by atoms with Crippen LogP contribution in [-0.4, -0.2) is 104 Å². The number of allylic oxidation sites excluding steroid dienone is 4. The number of nitrogens with zero attached hydrogens (tertiary/aromatic N) is 3.